The third kappa shape index (κ3) is 2.22. The lowest BCUT2D eigenvalue weighted by Gasteiger charge is -2.10. The van der Waals surface area contributed by atoms with Crippen molar-refractivity contribution in [1.82, 2.24) is 0 Å². The van der Waals surface area contributed by atoms with Crippen molar-refractivity contribution in [2.24, 2.45) is 0 Å². The van der Waals surface area contributed by atoms with Crippen LogP contribution in [0, 0.1) is 6.92 Å². The largest absolute Gasteiger partial charge is 0.508 e. The van der Waals surface area contributed by atoms with Crippen molar-refractivity contribution in [2.75, 3.05) is 6.61 Å². The smallest absolute Gasteiger partial charge is 0.338 e. The molecule has 0 saturated carbocycles. The topological polar surface area (TPSA) is 59.7 Å². The molecule has 0 amide bonds. The minimum atomic E-state index is -0.406. The highest BCUT2D eigenvalue weighted by molar-refractivity contribution is 5.98. The number of hydrogen-bond acceptors (Lipinski definition) is 4. The van der Waals surface area contributed by atoms with Gasteiger partial charge < -0.3 is 14.3 Å². The number of hydrogen-bond donors (Lipinski definition) is 1. The van der Waals surface area contributed by atoms with Crippen molar-refractivity contribution < 1.29 is 19.1 Å². The Morgan fingerprint density at radius 3 is 2.83 bits per heavy atom. The van der Waals surface area contributed by atoms with Crippen LogP contribution >= 0.6 is 0 Å². The number of furan rings is 1. The third-order valence-corrected chi connectivity index (χ3v) is 2.66. The molecule has 0 aliphatic rings. The van der Waals surface area contributed by atoms with Crippen molar-refractivity contribution in [3.8, 4) is 16.9 Å². The van der Waals surface area contributed by atoms with Crippen LogP contribution in [0.4, 0.5) is 0 Å². The van der Waals surface area contributed by atoms with Crippen LogP contribution in [0.3, 0.4) is 0 Å². The summed E-state index contributed by atoms with van der Waals surface area (Å²) < 4.78 is 10.0. The highest BCUT2D eigenvalue weighted by Crippen LogP contribution is 2.31. The second-order valence-corrected chi connectivity index (χ2v) is 3.92. The molecular weight excluding hydrogens is 232 g/mol. The van der Waals surface area contributed by atoms with Gasteiger partial charge >= 0.3 is 5.97 Å². The van der Waals surface area contributed by atoms with Crippen molar-refractivity contribution in [1.29, 1.82) is 0 Å². The van der Waals surface area contributed by atoms with Gasteiger partial charge in [-0.2, -0.15) is 0 Å². The van der Waals surface area contributed by atoms with Gasteiger partial charge in [-0.15, -0.1) is 0 Å². The Morgan fingerprint density at radius 2 is 2.22 bits per heavy atom. The molecule has 0 fully saturated rings. The maximum absolute atomic E-state index is 11.9. The number of phenols is 1. The molecule has 1 heterocycles. The number of rotatable bonds is 3. The van der Waals surface area contributed by atoms with E-state index in [1.54, 1.807) is 32.0 Å². The Labute approximate surface area is 105 Å². The second-order valence-electron chi connectivity index (χ2n) is 3.92. The van der Waals surface area contributed by atoms with E-state index in [9.17, 15) is 9.90 Å². The maximum Gasteiger partial charge on any atom is 0.338 e. The van der Waals surface area contributed by atoms with Crippen molar-refractivity contribution in [2.45, 2.75) is 13.8 Å². The quantitative estimate of drug-likeness (QED) is 0.845. The molecular formula is C14H14O4. The molecule has 0 spiro atoms. The van der Waals surface area contributed by atoms with Gasteiger partial charge in [-0.1, -0.05) is 0 Å². The summed E-state index contributed by atoms with van der Waals surface area (Å²) in [5, 5.41) is 9.75. The van der Waals surface area contributed by atoms with Gasteiger partial charge in [0.2, 0.25) is 0 Å². The molecule has 0 bridgehead atoms. The van der Waals surface area contributed by atoms with Gasteiger partial charge in [-0.25, -0.2) is 4.79 Å². The summed E-state index contributed by atoms with van der Waals surface area (Å²) >= 11 is 0. The van der Waals surface area contributed by atoms with E-state index < -0.39 is 5.97 Å². The summed E-state index contributed by atoms with van der Waals surface area (Å²) in [6.45, 7) is 3.80. The van der Waals surface area contributed by atoms with Crippen LogP contribution in [0.5, 0.6) is 5.75 Å². The summed E-state index contributed by atoms with van der Waals surface area (Å²) in [7, 11) is 0. The Balaban J connectivity index is 2.56. The summed E-state index contributed by atoms with van der Waals surface area (Å²) in [6, 6.07) is 4.90. The zero-order valence-corrected chi connectivity index (χ0v) is 10.3. The molecule has 1 N–H and O–H groups in total. The fraction of sp³-hybridized carbons (Fsp3) is 0.214. The Bertz CT molecular complexity index is 555. The predicted molar refractivity (Wildman–Crippen MR) is 66.5 cm³/mol. The molecule has 94 valence electrons. The number of aromatic hydroxyl groups is 1. The zero-order chi connectivity index (χ0) is 13.1. The number of esters is 1. The minimum absolute atomic E-state index is 0.138. The first-order valence-corrected chi connectivity index (χ1v) is 5.66. The first kappa shape index (κ1) is 12.2. The maximum atomic E-state index is 11.9. The lowest BCUT2D eigenvalue weighted by atomic mass is 9.99. The van der Waals surface area contributed by atoms with Crippen molar-refractivity contribution >= 4 is 5.97 Å². The number of ether oxygens (including phenoxy) is 1. The Kier molecular flexibility index (Phi) is 3.37. The van der Waals surface area contributed by atoms with E-state index in [4.69, 9.17) is 9.15 Å². The van der Waals surface area contributed by atoms with E-state index in [-0.39, 0.29) is 5.75 Å². The monoisotopic (exact) mass is 246 g/mol. The van der Waals surface area contributed by atoms with E-state index in [2.05, 4.69) is 0 Å². The second kappa shape index (κ2) is 4.96. The van der Waals surface area contributed by atoms with Crippen LogP contribution in [-0.2, 0) is 4.74 Å². The van der Waals surface area contributed by atoms with E-state index >= 15 is 0 Å². The van der Waals surface area contributed by atoms with Gasteiger partial charge in [0.25, 0.3) is 0 Å². The van der Waals surface area contributed by atoms with Crippen molar-refractivity contribution in [3.05, 3.63) is 41.9 Å². The van der Waals surface area contributed by atoms with Crippen LogP contribution in [0.1, 0.15) is 22.8 Å². The molecule has 0 aliphatic carbocycles. The lowest BCUT2D eigenvalue weighted by molar-refractivity contribution is 0.0527. The molecule has 0 aliphatic heterocycles. The zero-order valence-electron chi connectivity index (χ0n) is 10.3. The summed E-state index contributed by atoms with van der Waals surface area (Å²) in [4.78, 5) is 11.9. The fourth-order valence-electron chi connectivity index (χ4n) is 1.73. The van der Waals surface area contributed by atoms with Crippen LogP contribution < -0.4 is 0 Å². The van der Waals surface area contributed by atoms with Gasteiger partial charge in [0.05, 0.1) is 24.7 Å². The van der Waals surface area contributed by atoms with Crippen LogP contribution in [0.2, 0.25) is 0 Å². The molecule has 0 atom stereocenters. The van der Waals surface area contributed by atoms with Gasteiger partial charge in [-0.3, -0.25) is 0 Å². The number of carbonyl (C=O) groups excluding carboxylic acids is 1. The SMILES string of the molecule is CCOC(=O)c1cc(C)c(O)cc1-c1ccoc1. The van der Waals surface area contributed by atoms with Gasteiger partial charge in [-0.05, 0) is 37.6 Å². The molecule has 1 aromatic heterocycles. The fourth-order valence-corrected chi connectivity index (χ4v) is 1.73. The lowest BCUT2D eigenvalue weighted by Crippen LogP contribution is -2.06. The van der Waals surface area contributed by atoms with E-state index in [0.717, 1.165) is 5.56 Å². The predicted octanol–water partition coefficient (Wildman–Crippen LogP) is 3.14. The van der Waals surface area contributed by atoms with E-state index in [1.807, 2.05) is 0 Å². The number of aryl methyl sites for hydroxylation is 1. The molecule has 18 heavy (non-hydrogen) atoms. The summed E-state index contributed by atoms with van der Waals surface area (Å²) in [6.07, 6.45) is 3.04. The molecule has 1 aromatic carbocycles. The summed E-state index contributed by atoms with van der Waals surface area (Å²) in [5.41, 5.74) is 2.39. The van der Waals surface area contributed by atoms with Crippen LogP contribution in [0.15, 0.2) is 35.1 Å². The van der Waals surface area contributed by atoms with E-state index in [1.165, 1.54) is 12.5 Å². The molecule has 0 radical (unpaired) electrons. The van der Waals surface area contributed by atoms with Crippen LogP contribution in [0.25, 0.3) is 11.1 Å². The van der Waals surface area contributed by atoms with Gasteiger partial charge in [0.1, 0.15) is 5.75 Å². The summed E-state index contributed by atoms with van der Waals surface area (Å²) in [5.74, 6) is -0.268. The molecule has 0 saturated heterocycles. The van der Waals surface area contributed by atoms with E-state index in [0.29, 0.717) is 23.3 Å². The highest BCUT2D eigenvalue weighted by Gasteiger charge is 2.17. The number of phenolic OH excluding ortho intramolecular Hbond substituents is 1. The molecule has 0 unspecified atom stereocenters. The molecule has 4 nitrogen and oxygen atoms in total. The van der Waals surface area contributed by atoms with Crippen molar-refractivity contribution in [3.63, 3.8) is 0 Å². The average molecular weight is 246 g/mol. The standard InChI is InChI=1S/C14H14O4/c1-3-18-14(16)12-6-9(2)13(15)7-11(12)10-4-5-17-8-10/h4-8,15H,3H2,1-2H3. The number of carbonyl (C=O) groups is 1. The molecule has 2 aromatic rings. The Hall–Kier alpha value is -2.23. The highest BCUT2D eigenvalue weighted by atomic mass is 16.5. The van der Waals surface area contributed by atoms with Crippen LogP contribution in [-0.4, -0.2) is 17.7 Å². The number of benzene rings is 1. The first-order chi connectivity index (χ1) is 8.63. The third-order valence-electron chi connectivity index (χ3n) is 2.66. The van der Waals surface area contributed by atoms with Gasteiger partial charge in [0.15, 0.2) is 0 Å². The molecule has 2 rings (SSSR count). The van der Waals surface area contributed by atoms with Gasteiger partial charge in [0, 0.05) is 11.1 Å². The Morgan fingerprint density at radius 1 is 1.44 bits per heavy atom. The average Bonchev–Trinajstić information content (AvgIpc) is 2.86. The normalized spacial score (nSPS) is 10.3. The molecule has 4 heteroatoms. The first-order valence-electron chi connectivity index (χ1n) is 5.66. The minimum Gasteiger partial charge on any atom is -0.508 e.